The Morgan fingerprint density at radius 3 is 2.52 bits per heavy atom. The standard InChI is InChI=1S/C22H23NO6S2/c1-14-4-7-17(8-5-14)31(26,27)23-19(10-11-30-3)22(25)28-16-6-9-18-15(2)12-21(24)29-20(18)13-16/h4-9,12-13,19,23H,10-11H2,1-3H3/t19-/m0/s1. The summed E-state index contributed by atoms with van der Waals surface area (Å²) in [6.07, 6.45) is 2.12. The van der Waals surface area contributed by atoms with E-state index in [0.29, 0.717) is 5.75 Å². The minimum Gasteiger partial charge on any atom is -0.425 e. The lowest BCUT2D eigenvalue weighted by Crippen LogP contribution is -2.43. The van der Waals surface area contributed by atoms with Gasteiger partial charge in [0.25, 0.3) is 0 Å². The van der Waals surface area contributed by atoms with E-state index in [0.717, 1.165) is 16.5 Å². The molecule has 3 aromatic rings. The van der Waals surface area contributed by atoms with Gasteiger partial charge in [-0.2, -0.15) is 16.5 Å². The minimum absolute atomic E-state index is 0.0722. The number of rotatable bonds is 8. The largest absolute Gasteiger partial charge is 0.425 e. The summed E-state index contributed by atoms with van der Waals surface area (Å²) >= 11 is 1.49. The van der Waals surface area contributed by atoms with Crippen molar-refractivity contribution in [3.05, 3.63) is 70.1 Å². The van der Waals surface area contributed by atoms with Crippen molar-refractivity contribution in [3.8, 4) is 5.75 Å². The first-order valence-corrected chi connectivity index (χ1v) is 12.4. The van der Waals surface area contributed by atoms with Crippen LogP contribution in [0.5, 0.6) is 5.75 Å². The highest BCUT2D eigenvalue weighted by molar-refractivity contribution is 7.98. The number of hydrogen-bond donors (Lipinski definition) is 1. The molecule has 0 saturated carbocycles. The highest BCUT2D eigenvalue weighted by atomic mass is 32.2. The van der Waals surface area contributed by atoms with Gasteiger partial charge in [0, 0.05) is 17.5 Å². The monoisotopic (exact) mass is 461 g/mol. The average molecular weight is 462 g/mol. The molecule has 0 unspecified atom stereocenters. The third kappa shape index (κ3) is 5.75. The maximum atomic E-state index is 12.8. The lowest BCUT2D eigenvalue weighted by atomic mass is 10.1. The van der Waals surface area contributed by atoms with Gasteiger partial charge in [0.1, 0.15) is 17.4 Å². The molecule has 31 heavy (non-hydrogen) atoms. The van der Waals surface area contributed by atoms with E-state index in [1.54, 1.807) is 31.2 Å². The second kappa shape index (κ2) is 9.67. The number of nitrogens with one attached hydrogen (secondary N) is 1. The summed E-state index contributed by atoms with van der Waals surface area (Å²) in [4.78, 5) is 24.5. The number of ether oxygens (including phenoxy) is 1. The number of sulfonamides is 1. The Labute approximate surface area is 184 Å². The highest BCUT2D eigenvalue weighted by Gasteiger charge is 2.27. The molecule has 1 N–H and O–H groups in total. The Morgan fingerprint density at radius 2 is 1.84 bits per heavy atom. The number of fused-ring (bicyclic) bond motifs is 1. The number of benzene rings is 2. The normalized spacial score (nSPS) is 12.6. The Morgan fingerprint density at radius 1 is 1.13 bits per heavy atom. The molecule has 0 bridgehead atoms. The van der Waals surface area contributed by atoms with E-state index in [1.165, 1.54) is 36.0 Å². The van der Waals surface area contributed by atoms with E-state index in [4.69, 9.17) is 9.15 Å². The SMILES string of the molecule is CSCC[C@H](NS(=O)(=O)c1ccc(C)cc1)C(=O)Oc1ccc2c(C)cc(=O)oc2c1. The van der Waals surface area contributed by atoms with E-state index in [1.807, 2.05) is 13.2 Å². The fraction of sp³-hybridized carbons (Fsp3) is 0.273. The van der Waals surface area contributed by atoms with Crippen molar-refractivity contribution in [2.45, 2.75) is 31.2 Å². The molecule has 0 saturated heterocycles. The summed E-state index contributed by atoms with van der Waals surface area (Å²) < 4.78 is 38.5. The zero-order valence-electron chi connectivity index (χ0n) is 17.4. The second-order valence-electron chi connectivity index (χ2n) is 7.10. The van der Waals surface area contributed by atoms with Gasteiger partial charge in [-0.1, -0.05) is 17.7 Å². The van der Waals surface area contributed by atoms with Gasteiger partial charge in [0.05, 0.1) is 4.90 Å². The molecule has 9 heteroatoms. The van der Waals surface area contributed by atoms with Crippen LogP contribution in [0.15, 0.2) is 62.6 Å². The van der Waals surface area contributed by atoms with Gasteiger partial charge < -0.3 is 9.15 Å². The van der Waals surface area contributed by atoms with Crippen molar-refractivity contribution in [3.63, 3.8) is 0 Å². The topological polar surface area (TPSA) is 103 Å². The zero-order chi connectivity index (χ0) is 22.6. The third-order valence-electron chi connectivity index (χ3n) is 4.67. The summed E-state index contributed by atoms with van der Waals surface area (Å²) in [5.74, 6) is -0.0175. The van der Waals surface area contributed by atoms with Gasteiger partial charge in [-0.15, -0.1) is 0 Å². The Balaban J connectivity index is 1.83. The van der Waals surface area contributed by atoms with Crippen LogP contribution in [0, 0.1) is 13.8 Å². The number of aryl methyl sites for hydroxylation is 2. The lowest BCUT2D eigenvalue weighted by Gasteiger charge is -2.17. The van der Waals surface area contributed by atoms with Crippen LogP contribution < -0.4 is 15.1 Å². The van der Waals surface area contributed by atoms with Gasteiger partial charge >= 0.3 is 11.6 Å². The van der Waals surface area contributed by atoms with Crippen molar-refractivity contribution < 1.29 is 22.4 Å². The third-order valence-corrected chi connectivity index (χ3v) is 6.80. The Hall–Kier alpha value is -2.62. The summed E-state index contributed by atoms with van der Waals surface area (Å²) in [7, 11) is -3.91. The molecular weight excluding hydrogens is 438 g/mol. The molecule has 0 fully saturated rings. The van der Waals surface area contributed by atoms with Crippen molar-refractivity contribution in [2.24, 2.45) is 0 Å². The minimum atomic E-state index is -3.91. The molecular formula is C22H23NO6S2. The molecule has 0 amide bonds. The van der Waals surface area contributed by atoms with Gasteiger partial charge in [0.15, 0.2) is 0 Å². The van der Waals surface area contributed by atoms with Crippen LogP contribution in [-0.2, 0) is 14.8 Å². The molecule has 1 aromatic heterocycles. The maximum Gasteiger partial charge on any atom is 0.336 e. The molecule has 7 nitrogen and oxygen atoms in total. The molecule has 0 spiro atoms. The first-order chi connectivity index (χ1) is 14.7. The smallest absolute Gasteiger partial charge is 0.336 e. The van der Waals surface area contributed by atoms with Gasteiger partial charge in [-0.05, 0) is 62.1 Å². The number of carbonyl (C=O) groups excluding carboxylic acids is 1. The summed E-state index contributed by atoms with van der Waals surface area (Å²) in [6.45, 7) is 3.64. The number of carbonyl (C=O) groups is 1. The molecule has 164 valence electrons. The molecule has 3 rings (SSSR count). The van der Waals surface area contributed by atoms with Crippen molar-refractivity contribution in [1.82, 2.24) is 4.72 Å². The van der Waals surface area contributed by atoms with Crippen LogP contribution in [0.3, 0.4) is 0 Å². The molecule has 0 aliphatic heterocycles. The average Bonchev–Trinajstić information content (AvgIpc) is 2.71. The van der Waals surface area contributed by atoms with Gasteiger partial charge in [-0.3, -0.25) is 0 Å². The summed E-state index contributed by atoms with van der Waals surface area (Å²) in [5, 5.41) is 0.721. The van der Waals surface area contributed by atoms with Crippen molar-refractivity contribution in [1.29, 1.82) is 0 Å². The summed E-state index contributed by atoms with van der Waals surface area (Å²) in [5.41, 5.74) is 1.46. The molecule has 1 atom stereocenters. The van der Waals surface area contributed by atoms with E-state index in [-0.39, 0.29) is 22.6 Å². The first-order valence-electron chi connectivity index (χ1n) is 9.54. The maximum absolute atomic E-state index is 12.8. The zero-order valence-corrected chi connectivity index (χ0v) is 19.0. The molecule has 2 aromatic carbocycles. The quantitative estimate of drug-likeness (QED) is 0.311. The summed E-state index contributed by atoms with van der Waals surface area (Å²) in [6, 6.07) is 11.4. The second-order valence-corrected chi connectivity index (χ2v) is 9.80. The lowest BCUT2D eigenvalue weighted by molar-refractivity contribution is -0.136. The van der Waals surface area contributed by atoms with Crippen molar-refractivity contribution in [2.75, 3.05) is 12.0 Å². The van der Waals surface area contributed by atoms with E-state index in [2.05, 4.69) is 4.72 Å². The van der Waals surface area contributed by atoms with Gasteiger partial charge in [0.2, 0.25) is 10.0 Å². The predicted molar refractivity (Wildman–Crippen MR) is 121 cm³/mol. The molecule has 0 radical (unpaired) electrons. The van der Waals surface area contributed by atoms with Crippen LogP contribution in [0.1, 0.15) is 17.5 Å². The van der Waals surface area contributed by atoms with Gasteiger partial charge in [-0.25, -0.2) is 18.0 Å². The van der Waals surface area contributed by atoms with Crippen LogP contribution in [0.4, 0.5) is 0 Å². The fourth-order valence-electron chi connectivity index (χ4n) is 2.99. The molecule has 1 heterocycles. The molecule has 0 aliphatic rings. The fourth-order valence-corrected chi connectivity index (χ4v) is 4.68. The van der Waals surface area contributed by atoms with Crippen LogP contribution in [0.2, 0.25) is 0 Å². The van der Waals surface area contributed by atoms with Crippen LogP contribution in [-0.4, -0.2) is 32.4 Å². The van der Waals surface area contributed by atoms with Crippen LogP contribution in [0.25, 0.3) is 11.0 Å². The van der Waals surface area contributed by atoms with E-state index in [9.17, 15) is 18.0 Å². The highest BCUT2D eigenvalue weighted by Crippen LogP contribution is 2.23. The van der Waals surface area contributed by atoms with E-state index < -0.39 is 27.7 Å². The van der Waals surface area contributed by atoms with Crippen molar-refractivity contribution >= 4 is 38.7 Å². The number of thioether (sulfide) groups is 1. The van der Waals surface area contributed by atoms with E-state index >= 15 is 0 Å². The predicted octanol–water partition coefficient (Wildman–Crippen LogP) is 3.42. The number of esters is 1. The Kier molecular flexibility index (Phi) is 7.19. The molecule has 0 aliphatic carbocycles. The Bertz CT molecular complexity index is 1250. The number of hydrogen-bond acceptors (Lipinski definition) is 7. The first kappa shape index (κ1) is 23.1. The van der Waals surface area contributed by atoms with Crippen LogP contribution >= 0.6 is 11.8 Å².